The highest BCUT2D eigenvalue weighted by Crippen LogP contribution is 2.42. The number of carbonyl (C=O) groups excluding carboxylic acids is 2. The molecule has 160 valence electrons. The number of likely N-dealkylation sites (tertiary alicyclic amines) is 1. The first-order valence-corrected chi connectivity index (χ1v) is 11.3. The number of hydrogen-bond donors (Lipinski definition) is 2. The van der Waals surface area contributed by atoms with Crippen molar-refractivity contribution in [2.24, 2.45) is 5.92 Å². The van der Waals surface area contributed by atoms with Crippen LogP contribution in [-0.4, -0.2) is 56.1 Å². The van der Waals surface area contributed by atoms with Crippen molar-refractivity contribution >= 4 is 11.8 Å². The van der Waals surface area contributed by atoms with Gasteiger partial charge in [-0.2, -0.15) is 0 Å². The topological polar surface area (TPSA) is 95.9 Å². The van der Waals surface area contributed by atoms with Gasteiger partial charge in [-0.1, -0.05) is 0 Å². The standard InChI is InChI=1S/C22H30N6O2/c29-18(7-6-17-3-1-11-23-17)27-13-9-22(10-14-27)8-2-12-28-19(25-26-21(22)28)20(30)24-15-16-4-5-16/h1,3,11,16,23H,2,4-10,12-15H2,(H,24,30). The predicted octanol–water partition coefficient (Wildman–Crippen LogP) is 2.03. The largest absolute Gasteiger partial charge is 0.365 e. The maximum atomic E-state index is 12.7. The Hall–Kier alpha value is -2.64. The third-order valence-corrected chi connectivity index (χ3v) is 7.06. The Morgan fingerprint density at radius 2 is 2.00 bits per heavy atom. The normalized spacial score (nSPS) is 20.2. The molecular weight excluding hydrogens is 380 g/mol. The summed E-state index contributed by atoms with van der Waals surface area (Å²) in [7, 11) is 0. The molecule has 2 N–H and O–H groups in total. The van der Waals surface area contributed by atoms with Crippen LogP contribution in [0.3, 0.4) is 0 Å². The van der Waals surface area contributed by atoms with Crippen LogP contribution in [0, 0.1) is 5.92 Å². The van der Waals surface area contributed by atoms with Crippen molar-refractivity contribution in [3.05, 3.63) is 35.7 Å². The molecule has 1 spiro atoms. The average molecular weight is 411 g/mol. The molecule has 3 aliphatic rings. The smallest absolute Gasteiger partial charge is 0.289 e. The Balaban J connectivity index is 1.22. The van der Waals surface area contributed by atoms with E-state index >= 15 is 0 Å². The highest BCUT2D eigenvalue weighted by atomic mass is 16.2. The van der Waals surface area contributed by atoms with E-state index in [2.05, 4.69) is 20.5 Å². The maximum absolute atomic E-state index is 12.7. The molecule has 0 unspecified atom stereocenters. The van der Waals surface area contributed by atoms with Crippen LogP contribution < -0.4 is 5.32 Å². The van der Waals surface area contributed by atoms with E-state index in [-0.39, 0.29) is 17.2 Å². The van der Waals surface area contributed by atoms with Crippen molar-refractivity contribution in [2.45, 2.75) is 63.3 Å². The van der Waals surface area contributed by atoms with Crippen LogP contribution in [0.4, 0.5) is 0 Å². The SMILES string of the molecule is O=C(NCC1CC1)c1nnc2n1CCCC21CCN(C(=O)CCc2ccc[nH]2)CC1. The number of rotatable bonds is 6. The second-order valence-corrected chi connectivity index (χ2v) is 9.11. The Bertz CT molecular complexity index is 906. The summed E-state index contributed by atoms with van der Waals surface area (Å²) < 4.78 is 2.04. The molecule has 2 aromatic rings. The molecule has 1 saturated heterocycles. The Morgan fingerprint density at radius 1 is 1.17 bits per heavy atom. The summed E-state index contributed by atoms with van der Waals surface area (Å²) in [6, 6.07) is 3.98. The summed E-state index contributed by atoms with van der Waals surface area (Å²) >= 11 is 0. The highest BCUT2D eigenvalue weighted by molar-refractivity contribution is 5.90. The number of nitrogens with one attached hydrogen (secondary N) is 2. The zero-order valence-corrected chi connectivity index (χ0v) is 17.4. The van der Waals surface area contributed by atoms with E-state index < -0.39 is 0 Å². The van der Waals surface area contributed by atoms with Crippen LogP contribution in [-0.2, 0) is 23.2 Å². The number of aromatic nitrogens is 4. The molecule has 5 rings (SSSR count). The van der Waals surface area contributed by atoms with Gasteiger partial charge in [-0.05, 0) is 63.0 Å². The van der Waals surface area contributed by atoms with Gasteiger partial charge in [0.2, 0.25) is 11.7 Å². The van der Waals surface area contributed by atoms with E-state index in [1.807, 2.05) is 27.8 Å². The minimum atomic E-state index is -0.102. The molecule has 8 nitrogen and oxygen atoms in total. The fraction of sp³-hybridized carbons (Fsp3) is 0.636. The molecule has 2 amide bonds. The zero-order valence-electron chi connectivity index (χ0n) is 17.4. The molecule has 0 aromatic carbocycles. The van der Waals surface area contributed by atoms with Crippen molar-refractivity contribution in [3.8, 4) is 0 Å². The molecule has 2 aliphatic heterocycles. The second kappa shape index (κ2) is 7.89. The lowest BCUT2D eigenvalue weighted by Gasteiger charge is -2.43. The van der Waals surface area contributed by atoms with Gasteiger partial charge in [0.1, 0.15) is 5.82 Å². The van der Waals surface area contributed by atoms with Gasteiger partial charge in [-0.15, -0.1) is 10.2 Å². The van der Waals surface area contributed by atoms with Crippen molar-refractivity contribution in [2.75, 3.05) is 19.6 Å². The third-order valence-electron chi connectivity index (χ3n) is 7.06. The van der Waals surface area contributed by atoms with Gasteiger partial charge >= 0.3 is 0 Å². The molecule has 0 bridgehead atoms. The molecule has 30 heavy (non-hydrogen) atoms. The zero-order chi connectivity index (χ0) is 20.6. The Morgan fingerprint density at radius 3 is 2.73 bits per heavy atom. The molecule has 1 saturated carbocycles. The van der Waals surface area contributed by atoms with Crippen molar-refractivity contribution in [1.82, 2.24) is 30.0 Å². The summed E-state index contributed by atoms with van der Waals surface area (Å²) in [5.41, 5.74) is 1.04. The first-order valence-electron chi connectivity index (χ1n) is 11.3. The predicted molar refractivity (Wildman–Crippen MR) is 111 cm³/mol. The van der Waals surface area contributed by atoms with E-state index in [1.54, 1.807) is 0 Å². The number of aryl methyl sites for hydroxylation is 1. The summed E-state index contributed by atoms with van der Waals surface area (Å²) in [6.45, 7) is 3.04. The monoisotopic (exact) mass is 410 g/mol. The summed E-state index contributed by atoms with van der Waals surface area (Å²) in [5.74, 6) is 2.16. The fourth-order valence-electron chi connectivity index (χ4n) is 4.98. The number of fused-ring (bicyclic) bond motifs is 2. The van der Waals surface area contributed by atoms with E-state index in [9.17, 15) is 9.59 Å². The number of amides is 2. The van der Waals surface area contributed by atoms with Gasteiger partial charge in [0.15, 0.2) is 0 Å². The van der Waals surface area contributed by atoms with Crippen molar-refractivity contribution in [1.29, 1.82) is 0 Å². The minimum absolute atomic E-state index is 0.0590. The maximum Gasteiger partial charge on any atom is 0.289 e. The van der Waals surface area contributed by atoms with Crippen molar-refractivity contribution in [3.63, 3.8) is 0 Å². The second-order valence-electron chi connectivity index (χ2n) is 9.11. The molecule has 2 aromatic heterocycles. The summed E-state index contributed by atoms with van der Waals surface area (Å²) in [5, 5.41) is 11.8. The number of carbonyl (C=O) groups is 2. The highest BCUT2D eigenvalue weighted by Gasteiger charge is 2.44. The van der Waals surface area contributed by atoms with Crippen LogP contribution in [0.2, 0.25) is 0 Å². The number of aromatic amines is 1. The van der Waals surface area contributed by atoms with Gasteiger partial charge in [-0.3, -0.25) is 9.59 Å². The van der Waals surface area contributed by atoms with E-state index in [0.717, 1.165) is 69.8 Å². The van der Waals surface area contributed by atoms with Crippen LogP contribution in [0.5, 0.6) is 0 Å². The summed E-state index contributed by atoms with van der Waals surface area (Å²) in [4.78, 5) is 30.4. The van der Waals surface area contributed by atoms with Crippen LogP contribution >= 0.6 is 0 Å². The molecular formula is C22H30N6O2. The number of nitrogens with zero attached hydrogens (tertiary/aromatic N) is 4. The summed E-state index contributed by atoms with van der Waals surface area (Å²) in [6.07, 6.45) is 9.46. The van der Waals surface area contributed by atoms with Gasteiger partial charge in [-0.25, -0.2) is 0 Å². The third kappa shape index (κ3) is 3.75. The minimum Gasteiger partial charge on any atom is -0.365 e. The Kier molecular flexibility index (Phi) is 5.08. The first-order chi connectivity index (χ1) is 14.6. The first kappa shape index (κ1) is 19.3. The van der Waals surface area contributed by atoms with Gasteiger partial charge < -0.3 is 19.8 Å². The quantitative estimate of drug-likeness (QED) is 0.762. The van der Waals surface area contributed by atoms with E-state index in [1.165, 1.54) is 12.8 Å². The number of H-pyrrole nitrogens is 1. The van der Waals surface area contributed by atoms with Crippen LogP contribution in [0.25, 0.3) is 0 Å². The molecule has 8 heteroatoms. The van der Waals surface area contributed by atoms with Gasteiger partial charge in [0.25, 0.3) is 5.91 Å². The number of hydrogen-bond acceptors (Lipinski definition) is 4. The fourth-order valence-corrected chi connectivity index (χ4v) is 4.98. The van der Waals surface area contributed by atoms with Gasteiger partial charge in [0.05, 0.1) is 0 Å². The average Bonchev–Trinajstić information content (AvgIpc) is 3.24. The number of piperidine rings is 1. The molecule has 1 aliphatic carbocycles. The van der Waals surface area contributed by atoms with E-state index in [4.69, 9.17) is 0 Å². The van der Waals surface area contributed by atoms with Gasteiger partial charge in [0, 0.05) is 49.9 Å². The lowest BCUT2D eigenvalue weighted by atomic mass is 9.72. The van der Waals surface area contributed by atoms with E-state index in [0.29, 0.717) is 18.2 Å². The molecule has 2 fully saturated rings. The molecule has 0 radical (unpaired) electrons. The van der Waals surface area contributed by atoms with Crippen LogP contribution in [0.15, 0.2) is 18.3 Å². The molecule has 0 atom stereocenters. The van der Waals surface area contributed by atoms with Crippen molar-refractivity contribution < 1.29 is 9.59 Å². The molecule has 4 heterocycles. The van der Waals surface area contributed by atoms with Crippen LogP contribution in [0.1, 0.15) is 67.1 Å². The lowest BCUT2D eigenvalue weighted by Crippen LogP contribution is -2.48. The Labute approximate surface area is 176 Å². The lowest BCUT2D eigenvalue weighted by molar-refractivity contribution is -0.133.